The summed E-state index contributed by atoms with van der Waals surface area (Å²) in [6, 6.07) is 7.88. The Morgan fingerprint density at radius 3 is 2.82 bits per heavy atom. The van der Waals surface area contributed by atoms with Gasteiger partial charge in [-0.3, -0.25) is 0 Å². The number of hydrogen-bond acceptors (Lipinski definition) is 3. The molecule has 1 fully saturated rings. The van der Waals surface area contributed by atoms with Crippen molar-refractivity contribution >= 4 is 5.69 Å². The van der Waals surface area contributed by atoms with Crippen molar-refractivity contribution in [3.8, 4) is 6.07 Å². The van der Waals surface area contributed by atoms with Crippen LogP contribution < -0.4 is 5.32 Å². The first kappa shape index (κ1) is 11.9. The smallest absolute Gasteiger partial charge is 0.0992 e. The van der Waals surface area contributed by atoms with Gasteiger partial charge in [-0.05, 0) is 37.5 Å². The van der Waals surface area contributed by atoms with Crippen LogP contribution in [0.4, 0.5) is 5.69 Å². The van der Waals surface area contributed by atoms with Gasteiger partial charge in [0.2, 0.25) is 0 Å². The van der Waals surface area contributed by atoms with Gasteiger partial charge in [0.1, 0.15) is 0 Å². The molecule has 0 radical (unpaired) electrons. The van der Waals surface area contributed by atoms with Crippen LogP contribution in [0.2, 0.25) is 0 Å². The summed E-state index contributed by atoms with van der Waals surface area (Å²) in [6.07, 6.45) is 3.86. The standard InChI is InChI=1S/C14H18N2O/c1-10-6-7-11(9-15)8-13(10)16-12-4-2-3-5-14(12)17/h6-8,12,14,16-17H,2-5H2,1H3/t12-,14-/m1/s1. The van der Waals surface area contributed by atoms with E-state index in [1.165, 1.54) is 0 Å². The summed E-state index contributed by atoms with van der Waals surface area (Å²) in [5.74, 6) is 0. The van der Waals surface area contributed by atoms with Crippen molar-refractivity contribution in [1.29, 1.82) is 5.26 Å². The average Bonchev–Trinajstić information content (AvgIpc) is 2.35. The fourth-order valence-corrected chi connectivity index (χ4v) is 2.33. The van der Waals surface area contributed by atoms with Crippen molar-refractivity contribution in [2.24, 2.45) is 0 Å². The lowest BCUT2D eigenvalue weighted by atomic mass is 9.92. The van der Waals surface area contributed by atoms with E-state index in [4.69, 9.17) is 5.26 Å². The highest BCUT2D eigenvalue weighted by Gasteiger charge is 2.23. The highest BCUT2D eigenvalue weighted by atomic mass is 16.3. The molecule has 1 aromatic carbocycles. The molecule has 1 aliphatic rings. The van der Waals surface area contributed by atoms with E-state index in [2.05, 4.69) is 11.4 Å². The minimum absolute atomic E-state index is 0.122. The third-order valence-electron chi connectivity index (χ3n) is 3.44. The predicted molar refractivity (Wildman–Crippen MR) is 67.8 cm³/mol. The number of anilines is 1. The van der Waals surface area contributed by atoms with Crippen molar-refractivity contribution in [2.75, 3.05) is 5.32 Å². The van der Waals surface area contributed by atoms with E-state index < -0.39 is 0 Å². The van der Waals surface area contributed by atoms with Crippen LogP contribution in [-0.2, 0) is 0 Å². The molecule has 0 bridgehead atoms. The number of nitrogens with one attached hydrogen (secondary N) is 1. The monoisotopic (exact) mass is 230 g/mol. The summed E-state index contributed by atoms with van der Waals surface area (Å²) >= 11 is 0. The molecule has 1 aromatic rings. The van der Waals surface area contributed by atoms with Gasteiger partial charge in [-0.2, -0.15) is 5.26 Å². The number of hydrogen-bond donors (Lipinski definition) is 2. The van der Waals surface area contributed by atoms with E-state index in [1.807, 2.05) is 25.1 Å². The van der Waals surface area contributed by atoms with E-state index in [0.29, 0.717) is 5.56 Å². The van der Waals surface area contributed by atoms with E-state index in [0.717, 1.165) is 36.9 Å². The van der Waals surface area contributed by atoms with Gasteiger partial charge < -0.3 is 10.4 Å². The lowest BCUT2D eigenvalue weighted by molar-refractivity contribution is 0.116. The first-order valence-electron chi connectivity index (χ1n) is 6.16. The lowest BCUT2D eigenvalue weighted by Gasteiger charge is -2.29. The zero-order valence-corrected chi connectivity index (χ0v) is 10.1. The SMILES string of the molecule is Cc1ccc(C#N)cc1N[C@@H]1CCCC[C@H]1O. The fourth-order valence-electron chi connectivity index (χ4n) is 2.33. The minimum Gasteiger partial charge on any atom is -0.391 e. The van der Waals surface area contributed by atoms with Crippen LogP contribution in [0.5, 0.6) is 0 Å². The molecule has 90 valence electrons. The van der Waals surface area contributed by atoms with Gasteiger partial charge >= 0.3 is 0 Å². The highest BCUT2D eigenvalue weighted by molar-refractivity contribution is 5.55. The normalized spacial score (nSPS) is 24.1. The molecule has 0 unspecified atom stereocenters. The zero-order chi connectivity index (χ0) is 12.3. The topological polar surface area (TPSA) is 56.0 Å². The predicted octanol–water partition coefficient (Wildman–Crippen LogP) is 2.58. The summed E-state index contributed by atoms with van der Waals surface area (Å²) in [4.78, 5) is 0. The number of nitrogens with zero attached hydrogens (tertiary/aromatic N) is 1. The van der Waals surface area contributed by atoms with Crippen LogP contribution in [0.3, 0.4) is 0 Å². The second-order valence-electron chi connectivity index (χ2n) is 4.74. The molecule has 0 saturated heterocycles. The van der Waals surface area contributed by atoms with Gasteiger partial charge in [-0.15, -0.1) is 0 Å². The largest absolute Gasteiger partial charge is 0.391 e. The first-order valence-corrected chi connectivity index (χ1v) is 6.16. The number of nitriles is 1. The van der Waals surface area contributed by atoms with Crippen LogP contribution in [0.1, 0.15) is 36.8 Å². The molecule has 2 rings (SSSR count). The third-order valence-corrected chi connectivity index (χ3v) is 3.44. The van der Waals surface area contributed by atoms with Crippen molar-refractivity contribution in [3.63, 3.8) is 0 Å². The molecule has 1 saturated carbocycles. The quantitative estimate of drug-likeness (QED) is 0.821. The van der Waals surface area contributed by atoms with Crippen LogP contribution in [-0.4, -0.2) is 17.3 Å². The van der Waals surface area contributed by atoms with Crippen molar-refractivity contribution in [3.05, 3.63) is 29.3 Å². The van der Waals surface area contributed by atoms with Crippen molar-refractivity contribution in [2.45, 2.75) is 44.8 Å². The first-order chi connectivity index (χ1) is 8.20. The second kappa shape index (κ2) is 5.20. The molecule has 17 heavy (non-hydrogen) atoms. The van der Waals surface area contributed by atoms with Crippen LogP contribution in [0.25, 0.3) is 0 Å². The summed E-state index contributed by atoms with van der Waals surface area (Å²) < 4.78 is 0. The number of benzene rings is 1. The molecule has 2 N–H and O–H groups in total. The third kappa shape index (κ3) is 2.78. The maximum absolute atomic E-state index is 9.92. The maximum atomic E-state index is 9.92. The van der Waals surface area contributed by atoms with Gasteiger partial charge in [0.15, 0.2) is 0 Å². The summed E-state index contributed by atoms with van der Waals surface area (Å²) in [5.41, 5.74) is 2.74. The molecule has 1 aliphatic carbocycles. The maximum Gasteiger partial charge on any atom is 0.0992 e. The van der Waals surface area contributed by atoms with Crippen LogP contribution in [0.15, 0.2) is 18.2 Å². The molecule has 0 amide bonds. The van der Waals surface area contributed by atoms with Crippen LogP contribution >= 0.6 is 0 Å². The minimum atomic E-state index is -0.270. The van der Waals surface area contributed by atoms with E-state index >= 15 is 0 Å². The number of aliphatic hydroxyl groups is 1. The van der Waals surface area contributed by atoms with Crippen molar-refractivity contribution < 1.29 is 5.11 Å². The Hall–Kier alpha value is -1.53. The molecule has 3 heteroatoms. The summed E-state index contributed by atoms with van der Waals surface area (Å²) in [6.45, 7) is 2.01. The van der Waals surface area contributed by atoms with Gasteiger partial charge in [0, 0.05) is 5.69 Å². The van der Waals surface area contributed by atoms with E-state index in [9.17, 15) is 5.11 Å². The Bertz CT molecular complexity index is 436. The lowest BCUT2D eigenvalue weighted by Crippen LogP contribution is -2.36. The molecular formula is C14H18N2O. The second-order valence-corrected chi connectivity index (χ2v) is 4.74. The molecule has 0 aliphatic heterocycles. The zero-order valence-electron chi connectivity index (χ0n) is 10.1. The van der Waals surface area contributed by atoms with E-state index in [-0.39, 0.29) is 12.1 Å². The van der Waals surface area contributed by atoms with Crippen LogP contribution in [0, 0.1) is 18.3 Å². The van der Waals surface area contributed by atoms with Gasteiger partial charge in [-0.1, -0.05) is 18.9 Å². The Balaban J connectivity index is 2.14. The Morgan fingerprint density at radius 1 is 1.35 bits per heavy atom. The molecule has 3 nitrogen and oxygen atoms in total. The van der Waals surface area contributed by atoms with E-state index in [1.54, 1.807) is 0 Å². The molecule has 0 spiro atoms. The average molecular weight is 230 g/mol. The van der Waals surface area contributed by atoms with Crippen molar-refractivity contribution in [1.82, 2.24) is 0 Å². The fraction of sp³-hybridized carbons (Fsp3) is 0.500. The summed E-state index contributed by atoms with van der Waals surface area (Å²) in [7, 11) is 0. The Labute approximate surface area is 102 Å². The Morgan fingerprint density at radius 2 is 2.12 bits per heavy atom. The molecule has 2 atom stereocenters. The van der Waals surface area contributed by atoms with Gasteiger partial charge in [0.05, 0.1) is 23.8 Å². The summed E-state index contributed by atoms with van der Waals surface area (Å²) in [5, 5.41) is 22.2. The number of rotatable bonds is 2. The number of aryl methyl sites for hydroxylation is 1. The van der Waals surface area contributed by atoms with Gasteiger partial charge in [-0.25, -0.2) is 0 Å². The molecule has 0 aromatic heterocycles. The molecule has 0 heterocycles. The van der Waals surface area contributed by atoms with Gasteiger partial charge in [0.25, 0.3) is 0 Å². The Kier molecular flexibility index (Phi) is 3.65. The highest BCUT2D eigenvalue weighted by Crippen LogP contribution is 2.24. The molecular weight excluding hydrogens is 212 g/mol. The number of aliphatic hydroxyl groups excluding tert-OH is 1.